The number of benzene rings is 2. The highest BCUT2D eigenvalue weighted by molar-refractivity contribution is 7.99. The number of halogens is 2. The SMILES string of the molecule is Nn1c(SCCn2c(=O)oc3ccccc32)nnc1-c1ccc(Cl)cc1Cl. The predicted octanol–water partition coefficient (Wildman–Crippen LogP) is 3.67. The number of oxazole rings is 1. The van der Waals surface area contributed by atoms with Gasteiger partial charge in [0, 0.05) is 22.9 Å². The highest BCUT2D eigenvalue weighted by Crippen LogP contribution is 2.30. The molecular formula is C17H13Cl2N5O2S. The van der Waals surface area contributed by atoms with Gasteiger partial charge in [0.25, 0.3) is 0 Å². The van der Waals surface area contributed by atoms with E-state index in [1.807, 2.05) is 18.2 Å². The molecule has 0 bridgehead atoms. The largest absolute Gasteiger partial charge is 0.419 e. The van der Waals surface area contributed by atoms with Crippen LogP contribution in [0.15, 0.2) is 56.8 Å². The van der Waals surface area contributed by atoms with Gasteiger partial charge in [-0.2, -0.15) is 0 Å². The fraction of sp³-hybridized carbons (Fsp3) is 0.118. The molecule has 10 heteroatoms. The lowest BCUT2D eigenvalue weighted by atomic mass is 10.2. The summed E-state index contributed by atoms with van der Waals surface area (Å²) < 4.78 is 8.18. The maximum Gasteiger partial charge on any atom is 0.419 e. The molecule has 0 atom stereocenters. The third-order valence-corrected chi connectivity index (χ3v) is 5.43. The van der Waals surface area contributed by atoms with E-state index >= 15 is 0 Å². The number of thioether (sulfide) groups is 1. The Balaban J connectivity index is 1.52. The van der Waals surface area contributed by atoms with E-state index in [-0.39, 0.29) is 5.76 Å². The number of hydrogen-bond donors (Lipinski definition) is 1. The van der Waals surface area contributed by atoms with E-state index in [1.54, 1.807) is 28.8 Å². The Morgan fingerprint density at radius 2 is 1.96 bits per heavy atom. The highest BCUT2D eigenvalue weighted by atomic mass is 35.5. The molecule has 2 heterocycles. The molecule has 0 aliphatic heterocycles. The van der Waals surface area contributed by atoms with Crippen molar-refractivity contribution in [1.82, 2.24) is 19.4 Å². The van der Waals surface area contributed by atoms with Gasteiger partial charge in [-0.3, -0.25) is 4.57 Å². The second-order valence-corrected chi connectivity index (χ2v) is 7.54. The van der Waals surface area contributed by atoms with E-state index in [2.05, 4.69) is 10.2 Å². The first kappa shape index (κ1) is 18.0. The number of nitrogens with zero attached hydrogens (tertiary/aromatic N) is 4. The van der Waals surface area contributed by atoms with Crippen LogP contribution in [0.2, 0.25) is 10.0 Å². The second-order valence-electron chi connectivity index (χ2n) is 5.64. The van der Waals surface area contributed by atoms with Crippen LogP contribution in [0.4, 0.5) is 0 Å². The Morgan fingerprint density at radius 1 is 1.15 bits per heavy atom. The van der Waals surface area contributed by atoms with Crippen LogP contribution in [0.5, 0.6) is 0 Å². The van der Waals surface area contributed by atoms with Gasteiger partial charge in [0.15, 0.2) is 11.4 Å². The molecule has 27 heavy (non-hydrogen) atoms. The van der Waals surface area contributed by atoms with Gasteiger partial charge in [-0.1, -0.05) is 47.1 Å². The second kappa shape index (κ2) is 7.30. The number of rotatable bonds is 5. The summed E-state index contributed by atoms with van der Waals surface area (Å²) in [6.45, 7) is 0.449. The van der Waals surface area contributed by atoms with Crippen LogP contribution < -0.4 is 11.6 Å². The standard InChI is InChI=1S/C17H13Cl2N5O2S/c18-10-5-6-11(12(19)9-10)15-21-22-16(24(15)20)27-8-7-23-13-3-1-2-4-14(13)26-17(23)25/h1-6,9H,7-8,20H2. The zero-order valence-corrected chi connectivity index (χ0v) is 16.1. The molecule has 7 nitrogen and oxygen atoms in total. The minimum Gasteiger partial charge on any atom is -0.408 e. The molecule has 0 spiro atoms. The first-order chi connectivity index (χ1) is 13.0. The molecule has 4 aromatic rings. The lowest BCUT2D eigenvalue weighted by Crippen LogP contribution is -2.16. The fourth-order valence-corrected chi connectivity index (χ4v) is 3.96. The maximum atomic E-state index is 12.0. The average molecular weight is 422 g/mol. The van der Waals surface area contributed by atoms with Gasteiger partial charge in [0.1, 0.15) is 0 Å². The zero-order valence-electron chi connectivity index (χ0n) is 13.8. The molecule has 0 saturated carbocycles. The van der Waals surface area contributed by atoms with Gasteiger partial charge < -0.3 is 10.3 Å². The smallest absolute Gasteiger partial charge is 0.408 e. The van der Waals surface area contributed by atoms with Gasteiger partial charge in [-0.15, -0.1) is 10.2 Å². The van der Waals surface area contributed by atoms with Crippen LogP contribution in [-0.2, 0) is 6.54 Å². The summed E-state index contributed by atoms with van der Waals surface area (Å²) in [5.74, 6) is 6.72. The van der Waals surface area contributed by atoms with Gasteiger partial charge in [-0.25, -0.2) is 9.47 Å². The number of fused-ring (bicyclic) bond motifs is 1. The van der Waals surface area contributed by atoms with E-state index in [4.69, 9.17) is 33.5 Å². The summed E-state index contributed by atoms with van der Waals surface area (Å²) in [5, 5.41) is 9.70. The monoisotopic (exact) mass is 421 g/mol. The third-order valence-electron chi connectivity index (χ3n) is 3.96. The lowest BCUT2D eigenvalue weighted by molar-refractivity contribution is 0.514. The van der Waals surface area contributed by atoms with E-state index < -0.39 is 0 Å². The van der Waals surface area contributed by atoms with Crippen molar-refractivity contribution in [2.24, 2.45) is 0 Å². The van der Waals surface area contributed by atoms with Crippen LogP contribution in [0.25, 0.3) is 22.5 Å². The van der Waals surface area contributed by atoms with E-state index in [9.17, 15) is 4.79 Å². The number of nitrogen functional groups attached to an aromatic ring is 1. The van der Waals surface area contributed by atoms with E-state index in [1.165, 1.54) is 16.4 Å². The van der Waals surface area contributed by atoms with Crippen molar-refractivity contribution in [2.75, 3.05) is 11.6 Å². The summed E-state index contributed by atoms with van der Waals surface area (Å²) in [4.78, 5) is 12.0. The summed E-state index contributed by atoms with van der Waals surface area (Å²) in [6, 6.07) is 12.4. The Bertz CT molecular complexity index is 1180. The summed E-state index contributed by atoms with van der Waals surface area (Å²) in [5.41, 5.74) is 1.96. The molecule has 4 rings (SSSR count). The van der Waals surface area contributed by atoms with Crippen molar-refractivity contribution in [2.45, 2.75) is 11.7 Å². The zero-order chi connectivity index (χ0) is 19.0. The Hall–Kier alpha value is -2.42. The number of para-hydroxylation sites is 2. The fourth-order valence-electron chi connectivity index (χ4n) is 2.68. The Labute approximate surface area is 167 Å². The van der Waals surface area contributed by atoms with E-state index in [0.29, 0.717) is 44.5 Å². The molecule has 0 fully saturated rings. The van der Waals surface area contributed by atoms with Crippen LogP contribution in [0, 0.1) is 0 Å². The predicted molar refractivity (Wildman–Crippen MR) is 107 cm³/mol. The quantitative estimate of drug-likeness (QED) is 0.390. The number of nitrogens with two attached hydrogens (primary N) is 1. The van der Waals surface area contributed by atoms with Crippen LogP contribution >= 0.6 is 35.0 Å². The Kier molecular flexibility index (Phi) is 4.86. The molecule has 138 valence electrons. The molecule has 0 aliphatic carbocycles. The van der Waals surface area contributed by atoms with Crippen molar-refractivity contribution in [3.63, 3.8) is 0 Å². The number of aromatic nitrogens is 4. The third kappa shape index (κ3) is 3.43. The van der Waals surface area contributed by atoms with E-state index in [0.717, 1.165) is 5.52 Å². The Morgan fingerprint density at radius 3 is 2.78 bits per heavy atom. The summed E-state index contributed by atoms with van der Waals surface area (Å²) in [6.07, 6.45) is 0. The molecule has 0 radical (unpaired) electrons. The minimum absolute atomic E-state index is 0.389. The van der Waals surface area contributed by atoms with Gasteiger partial charge in [0.2, 0.25) is 5.16 Å². The summed E-state index contributed by atoms with van der Waals surface area (Å²) in [7, 11) is 0. The molecule has 0 unspecified atom stereocenters. The minimum atomic E-state index is -0.389. The van der Waals surface area contributed by atoms with Crippen molar-refractivity contribution < 1.29 is 4.42 Å². The maximum absolute atomic E-state index is 12.0. The first-order valence-corrected chi connectivity index (χ1v) is 9.66. The normalized spacial score (nSPS) is 11.3. The highest BCUT2D eigenvalue weighted by Gasteiger charge is 2.16. The van der Waals surface area contributed by atoms with Crippen LogP contribution in [-0.4, -0.2) is 25.2 Å². The molecule has 2 aromatic heterocycles. The first-order valence-electron chi connectivity index (χ1n) is 7.91. The molecule has 2 aromatic carbocycles. The van der Waals surface area contributed by atoms with Gasteiger partial charge in [0.05, 0.1) is 10.5 Å². The molecule has 0 saturated heterocycles. The van der Waals surface area contributed by atoms with Crippen molar-refractivity contribution in [3.8, 4) is 11.4 Å². The topological polar surface area (TPSA) is 91.9 Å². The van der Waals surface area contributed by atoms with Crippen molar-refractivity contribution in [3.05, 3.63) is 63.1 Å². The molecule has 0 amide bonds. The summed E-state index contributed by atoms with van der Waals surface area (Å²) >= 11 is 13.5. The average Bonchev–Trinajstić information content (AvgIpc) is 3.16. The van der Waals surface area contributed by atoms with Gasteiger partial charge in [-0.05, 0) is 30.3 Å². The van der Waals surface area contributed by atoms with Crippen molar-refractivity contribution >= 4 is 46.1 Å². The van der Waals surface area contributed by atoms with Crippen LogP contribution in [0.1, 0.15) is 0 Å². The molecule has 2 N–H and O–H groups in total. The molecular weight excluding hydrogens is 409 g/mol. The lowest BCUT2D eigenvalue weighted by Gasteiger charge is -2.06. The van der Waals surface area contributed by atoms with Gasteiger partial charge >= 0.3 is 5.76 Å². The van der Waals surface area contributed by atoms with Crippen LogP contribution in [0.3, 0.4) is 0 Å². The number of aryl methyl sites for hydroxylation is 1. The number of hydrogen-bond acceptors (Lipinski definition) is 6. The van der Waals surface area contributed by atoms with Crippen molar-refractivity contribution in [1.29, 1.82) is 0 Å². The molecule has 0 aliphatic rings.